The Kier molecular flexibility index (Phi) is 4.41. The first kappa shape index (κ1) is 17.5. The van der Waals surface area contributed by atoms with E-state index in [9.17, 15) is 4.79 Å². The number of aromatic carboxylic acids is 1. The van der Waals surface area contributed by atoms with E-state index in [0.29, 0.717) is 23.8 Å². The lowest BCUT2D eigenvalue weighted by molar-refractivity contribution is 0.0697. The van der Waals surface area contributed by atoms with Gasteiger partial charge in [-0.25, -0.2) is 9.78 Å². The highest BCUT2D eigenvalue weighted by molar-refractivity contribution is 6.01. The predicted octanol–water partition coefficient (Wildman–Crippen LogP) is 3.97. The van der Waals surface area contributed by atoms with Crippen LogP contribution in [0.15, 0.2) is 54.6 Å². The third kappa shape index (κ3) is 3.14. The van der Waals surface area contributed by atoms with Crippen LogP contribution >= 0.6 is 0 Å². The van der Waals surface area contributed by atoms with Gasteiger partial charge in [0.2, 0.25) is 0 Å². The zero-order valence-corrected chi connectivity index (χ0v) is 15.1. The molecule has 28 heavy (non-hydrogen) atoms. The summed E-state index contributed by atoms with van der Waals surface area (Å²) < 4.78 is 5.50. The summed E-state index contributed by atoms with van der Waals surface area (Å²) in [5, 5.41) is 16.9. The van der Waals surface area contributed by atoms with E-state index in [2.05, 4.69) is 10.2 Å². The fourth-order valence-corrected chi connectivity index (χ4v) is 3.08. The molecule has 0 aliphatic rings. The van der Waals surface area contributed by atoms with Gasteiger partial charge in [-0.15, -0.1) is 0 Å². The molecular weight excluding hydrogens is 356 g/mol. The molecule has 0 aliphatic heterocycles. The number of aromatic nitrogens is 3. The molecule has 4 rings (SSSR count). The Morgan fingerprint density at radius 1 is 1.11 bits per heavy atom. The van der Waals surface area contributed by atoms with E-state index < -0.39 is 5.97 Å². The number of hydrogen-bond acceptors (Lipinski definition) is 5. The number of anilines is 1. The summed E-state index contributed by atoms with van der Waals surface area (Å²) in [4.78, 5) is 15.9. The van der Waals surface area contributed by atoms with Gasteiger partial charge < -0.3 is 15.6 Å². The van der Waals surface area contributed by atoms with Gasteiger partial charge in [-0.1, -0.05) is 12.1 Å². The molecule has 2 aromatic heterocycles. The van der Waals surface area contributed by atoms with Crippen LogP contribution in [-0.2, 0) is 0 Å². The number of pyridine rings is 1. The highest BCUT2D eigenvalue weighted by Gasteiger charge is 2.15. The standard InChI is InChI=1S/C21H18N4O3/c1-2-28-15-9-7-13(8-10-15)19-18-17(24-25-20(18)22)11-16(23-19)12-3-5-14(6-4-12)21(26)27/h3-11H,2H2,1H3,(H,26,27)(H3,22,24,25). The minimum absolute atomic E-state index is 0.224. The molecular formula is C21H18N4O3. The van der Waals surface area contributed by atoms with E-state index in [1.807, 2.05) is 37.3 Å². The number of nitrogens with one attached hydrogen (secondary N) is 1. The second-order valence-electron chi connectivity index (χ2n) is 6.23. The number of H-pyrrole nitrogens is 1. The third-order valence-corrected chi connectivity index (χ3v) is 4.44. The smallest absolute Gasteiger partial charge is 0.335 e. The van der Waals surface area contributed by atoms with Crippen molar-refractivity contribution in [3.8, 4) is 28.3 Å². The van der Waals surface area contributed by atoms with Crippen LogP contribution in [0.3, 0.4) is 0 Å². The lowest BCUT2D eigenvalue weighted by Gasteiger charge is -2.09. The van der Waals surface area contributed by atoms with Gasteiger partial charge in [0.1, 0.15) is 5.75 Å². The fraction of sp³-hybridized carbons (Fsp3) is 0.0952. The van der Waals surface area contributed by atoms with E-state index in [0.717, 1.165) is 27.8 Å². The van der Waals surface area contributed by atoms with Crippen molar-refractivity contribution in [1.29, 1.82) is 0 Å². The van der Waals surface area contributed by atoms with Gasteiger partial charge in [-0.2, -0.15) is 5.10 Å². The van der Waals surface area contributed by atoms with Crippen molar-refractivity contribution in [3.63, 3.8) is 0 Å². The molecule has 0 atom stereocenters. The highest BCUT2D eigenvalue weighted by atomic mass is 16.5. The molecule has 7 heteroatoms. The van der Waals surface area contributed by atoms with Crippen LogP contribution in [0.1, 0.15) is 17.3 Å². The van der Waals surface area contributed by atoms with Crippen LogP contribution in [0.4, 0.5) is 5.82 Å². The maximum Gasteiger partial charge on any atom is 0.335 e. The number of carbonyl (C=O) groups is 1. The van der Waals surface area contributed by atoms with Crippen LogP contribution < -0.4 is 10.5 Å². The summed E-state index contributed by atoms with van der Waals surface area (Å²) in [6.45, 7) is 2.53. The van der Waals surface area contributed by atoms with E-state index in [1.165, 1.54) is 0 Å². The number of hydrogen-bond donors (Lipinski definition) is 3. The lowest BCUT2D eigenvalue weighted by atomic mass is 10.0. The van der Waals surface area contributed by atoms with Gasteiger partial charge in [0.25, 0.3) is 0 Å². The molecule has 4 aromatic rings. The number of rotatable bonds is 5. The molecule has 0 saturated heterocycles. The molecule has 4 N–H and O–H groups in total. The van der Waals surface area contributed by atoms with Crippen LogP contribution in [0.25, 0.3) is 33.4 Å². The molecule has 0 fully saturated rings. The highest BCUT2D eigenvalue weighted by Crippen LogP contribution is 2.34. The number of nitrogens with zero attached hydrogens (tertiary/aromatic N) is 2. The van der Waals surface area contributed by atoms with Crippen LogP contribution in [0.2, 0.25) is 0 Å². The second kappa shape index (κ2) is 7.03. The number of carboxylic acid groups (broad SMARTS) is 1. The minimum Gasteiger partial charge on any atom is -0.494 e. The summed E-state index contributed by atoms with van der Waals surface area (Å²) in [5.41, 5.74) is 10.1. The van der Waals surface area contributed by atoms with E-state index in [-0.39, 0.29) is 5.56 Å². The first-order valence-electron chi connectivity index (χ1n) is 8.78. The van der Waals surface area contributed by atoms with Crippen molar-refractivity contribution in [2.45, 2.75) is 6.92 Å². The first-order chi connectivity index (χ1) is 13.6. The third-order valence-electron chi connectivity index (χ3n) is 4.44. The first-order valence-corrected chi connectivity index (χ1v) is 8.78. The minimum atomic E-state index is -0.966. The second-order valence-corrected chi connectivity index (χ2v) is 6.23. The van der Waals surface area contributed by atoms with Crippen molar-refractivity contribution in [3.05, 3.63) is 60.2 Å². The van der Waals surface area contributed by atoms with Crippen LogP contribution in [-0.4, -0.2) is 32.9 Å². The monoisotopic (exact) mass is 374 g/mol. The topological polar surface area (TPSA) is 114 Å². The quantitative estimate of drug-likeness (QED) is 0.487. The molecule has 0 saturated carbocycles. The average Bonchev–Trinajstić information content (AvgIpc) is 3.09. The van der Waals surface area contributed by atoms with E-state index >= 15 is 0 Å². The Morgan fingerprint density at radius 2 is 1.79 bits per heavy atom. The van der Waals surface area contributed by atoms with E-state index in [1.54, 1.807) is 24.3 Å². The zero-order chi connectivity index (χ0) is 19.7. The Balaban J connectivity index is 1.85. The number of nitrogen functional groups attached to an aromatic ring is 1. The van der Waals surface area contributed by atoms with Gasteiger partial charge in [-0.3, -0.25) is 5.10 Å². The van der Waals surface area contributed by atoms with Gasteiger partial charge >= 0.3 is 5.97 Å². The summed E-state index contributed by atoms with van der Waals surface area (Å²) >= 11 is 0. The summed E-state index contributed by atoms with van der Waals surface area (Å²) in [6, 6.07) is 16.1. The number of carboxylic acids is 1. The molecule has 0 aliphatic carbocycles. The van der Waals surface area contributed by atoms with Gasteiger partial charge in [0.05, 0.1) is 34.5 Å². The predicted molar refractivity (Wildman–Crippen MR) is 107 cm³/mol. The Labute approximate surface area is 160 Å². The van der Waals surface area contributed by atoms with Gasteiger partial charge in [-0.05, 0) is 49.4 Å². The molecule has 0 unspecified atom stereocenters. The van der Waals surface area contributed by atoms with Crippen LogP contribution in [0, 0.1) is 0 Å². The molecule has 0 amide bonds. The molecule has 2 aromatic carbocycles. The largest absolute Gasteiger partial charge is 0.494 e. The average molecular weight is 374 g/mol. The van der Waals surface area contributed by atoms with Crippen molar-refractivity contribution in [1.82, 2.24) is 15.2 Å². The zero-order valence-electron chi connectivity index (χ0n) is 15.1. The van der Waals surface area contributed by atoms with Gasteiger partial charge in [0.15, 0.2) is 5.82 Å². The summed E-state index contributed by atoms with van der Waals surface area (Å²) in [5.74, 6) is 0.189. The van der Waals surface area contributed by atoms with Crippen molar-refractivity contribution in [2.24, 2.45) is 0 Å². The van der Waals surface area contributed by atoms with Crippen molar-refractivity contribution < 1.29 is 14.6 Å². The fourth-order valence-electron chi connectivity index (χ4n) is 3.08. The maximum absolute atomic E-state index is 11.1. The normalized spacial score (nSPS) is 10.9. The Bertz CT molecular complexity index is 1150. The van der Waals surface area contributed by atoms with Crippen molar-refractivity contribution in [2.75, 3.05) is 12.3 Å². The van der Waals surface area contributed by atoms with Crippen molar-refractivity contribution >= 4 is 22.7 Å². The van der Waals surface area contributed by atoms with E-state index in [4.69, 9.17) is 20.6 Å². The molecule has 7 nitrogen and oxygen atoms in total. The summed E-state index contributed by atoms with van der Waals surface area (Å²) in [6.07, 6.45) is 0. The van der Waals surface area contributed by atoms with Gasteiger partial charge in [0, 0.05) is 11.1 Å². The number of aromatic amines is 1. The number of benzene rings is 2. The number of ether oxygens (including phenoxy) is 1. The van der Waals surface area contributed by atoms with Crippen LogP contribution in [0.5, 0.6) is 5.75 Å². The molecule has 2 heterocycles. The SMILES string of the molecule is CCOc1ccc(-c2nc(-c3ccc(C(=O)O)cc3)cc3[nH]nc(N)c23)cc1. The number of fused-ring (bicyclic) bond motifs is 1. The molecule has 0 bridgehead atoms. The molecule has 0 spiro atoms. The number of nitrogens with two attached hydrogens (primary N) is 1. The molecule has 0 radical (unpaired) electrons. The maximum atomic E-state index is 11.1. The lowest BCUT2D eigenvalue weighted by Crippen LogP contribution is -1.96. The Hall–Kier alpha value is -3.87. The molecule has 140 valence electrons. The Morgan fingerprint density at radius 3 is 2.43 bits per heavy atom. The summed E-state index contributed by atoms with van der Waals surface area (Å²) in [7, 11) is 0.